The summed E-state index contributed by atoms with van der Waals surface area (Å²) >= 11 is 0. The first kappa shape index (κ1) is 14.5. The van der Waals surface area contributed by atoms with Gasteiger partial charge in [0.2, 0.25) is 5.95 Å². The molecule has 0 amide bonds. The fourth-order valence-electron chi connectivity index (χ4n) is 2.92. The van der Waals surface area contributed by atoms with Crippen molar-refractivity contribution in [3.63, 3.8) is 0 Å². The zero-order valence-corrected chi connectivity index (χ0v) is 12.9. The van der Waals surface area contributed by atoms with E-state index in [2.05, 4.69) is 30.0 Å². The Morgan fingerprint density at radius 2 is 1.70 bits per heavy atom. The van der Waals surface area contributed by atoms with Crippen molar-refractivity contribution in [2.45, 2.75) is 18.8 Å². The minimum absolute atomic E-state index is 0.401. The summed E-state index contributed by atoms with van der Waals surface area (Å²) in [6.45, 7) is 4.68. The van der Waals surface area contributed by atoms with Gasteiger partial charge >= 0.3 is 0 Å². The lowest BCUT2D eigenvalue weighted by Gasteiger charge is -2.26. The van der Waals surface area contributed by atoms with Gasteiger partial charge in [0.1, 0.15) is 5.82 Å². The summed E-state index contributed by atoms with van der Waals surface area (Å²) in [5, 5.41) is 7.37. The second kappa shape index (κ2) is 6.59. The summed E-state index contributed by atoms with van der Waals surface area (Å²) in [5.41, 5.74) is 0.830. The SMILES string of the molecule is c1nc(N2CCOCC2)ncc1-c1n[nH]c(C2CCOCC2)n1. The van der Waals surface area contributed by atoms with Crippen LogP contribution < -0.4 is 4.90 Å². The molecule has 4 rings (SSSR count). The molecule has 122 valence electrons. The molecule has 1 N–H and O–H groups in total. The van der Waals surface area contributed by atoms with Gasteiger partial charge in [-0.2, -0.15) is 5.10 Å². The molecule has 0 unspecified atom stereocenters. The third-order valence-electron chi connectivity index (χ3n) is 4.30. The Morgan fingerprint density at radius 1 is 1.00 bits per heavy atom. The van der Waals surface area contributed by atoms with Crippen LogP contribution in [-0.2, 0) is 9.47 Å². The molecule has 2 fully saturated rings. The monoisotopic (exact) mass is 316 g/mol. The van der Waals surface area contributed by atoms with Crippen LogP contribution in [0.4, 0.5) is 5.95 Å². The first-order valence-corrected chi connectivity index (χ1v) is 8.05. The average molecular weight is 316 g/mol. The third-order valence-corrected chi connectivity index (χ3v) is 4.30. The molecular weight excluding hydrogens is 296 g/mol. The number of anilines is 1. The zero-order chi connectivity index (χ0) is 15.5. The molecule has 2 aliphatic rings. The van der Waals surface area contributed by atoms with Gasteiger partial charge in [0.15, 0.2) is 5.82 Å². The molecule has 4 heterocycles. The van der Waals surface area contributed by atoms with Crippen molar-refractivity contribution in [3.05, 3.63) is 18.2 Å². The molecule has 8 nitrogen and oxygen atoms in total. The van der Waals surface area contributed by atoms with Gasteiger partial charge < -0.3 is 14.4 Å². The normalized spacial score (nSPS) is 19.9. The first-order valence-electron chi connectivity index (χ1n) is 8.05. The van der Waals surface area contributed by atoms with Crippen LogP contribution in [0, 0.1) is 0 Å². The van der Waals surface area contributed by atoms with E-state index in [1.54, 1.807) is 12.4 Å². The molecule has 0 radical (unpaired) electrons. The van der Waals surface area contributed by atoms with E-state index in [0.29, 0.717) is 11.7 Å². The van der Waals surface area contributed by atoms with Gasteiger partial charge in [-0.05, 0) is 12.8 Å². The second-order valence-corrected chi connectivity index (χ2v) is 5.80. The highest BCUT2D eigenvalue weighted by atomic mass is 16.5. The Labute approximate surface area is 134 Å². The predicted octanol–water partition coefficient (Wildman–Crippen LogP) is 0.992. The van der Waals surface area contributed by atoms with Gasteiger partial charge in [-0.3, -0.25) is 5.10 Å². The van der Waals surface area contributed by atoms with Crippen LogP contribution in [0.2, 0.25) is 0 Å². The van der Waals surface area contributed by atoms with E-state index in [1.807, 2.05) is 0 Å². The summed E-state index contributed by atoms with van der Waals surface area (Å²) in [5.74, 6) is 2.72. The van der Waals surface area contributed by atoms with Crippen molar-refractivity contribution in [3.8, 4) is 11.4 Å². The van der Waals surface area contributed by atoms with Crippen LogP contribution in [0.25, 0.3) is 11.4 Å². The Balaban J connectivity index is 1.48. The lowest BCUT2D eigenvalue weighted by Crippen LogP contribution is -2.37. The maximum Gasteiger partial charge on any atom is 0.225 e. The lowest BCUT2D eigenvalue weighted by atomic mass is 10.00. The minimum Gasteiger partial charge on any atom is -0.381 e. The molecule has 0 atom stereocenters. The number of nitrogens with one attached hydrogen (secondary N) is 1. The van der Waals surface area contributed by atoms with Gasteiger partial charge in [-0.15, -0.1) is 0 Å². The van der Waals surface area contributed by atoms with Gasteiger partial charge in [-0.1, -0.05) is 0 Å². The van der Waals surface area contributed by atoms with Gasteiger partial charge in [-0.25, -0.2) is 15.0 Å². The lowest BCUT2D eigenvalue weighted by molar-refractivity contribution is 0.0836. The highest BCUT2D eigenvalue weighted by Gasteiger charge is 2.20. The molecule has 2 aliphatic heterocycles. The number of aromatic nitrogens is 5. The van der Waals surface area contributed by atoms with Crippen molar-refractivity contribution in [1.29, 1.82) is 0 Å². The van der Waals surface area contributed by atoms with Gasteiger partial charge in [0, 0.05) is 44.6 Å². The third kappa shape index (κ3) is 3.18. The molecule has 0 bridgehead atoms. The molecule has 2 aromatic rings. The molecule has 8 heteroatoms. The summed E-state index contributed by atoms with van der Waals surface area (Å²) in [4.78, 5) is 15.6. The molecular formula is C15H20N6O2. The molecule has 0 aromatic carbocycles. The van der Waals surface area contributed by atoms with E-state index in [9.17, 15) is 0 Å². The van der Waals surface area contributed by atoms with E-state index in [4.69, 9.17) is 9.47 Å². The van der Waals surface area contributed by atoms with Crippen molar-refractivity contribution in [1.82, 2.24) is 25.1 Å². The van der Waals surface area contributed by atoms with Crippen molar-refractivity contribution in [2.24, 2.45) is 0 Å². The highest BCUT2D eigenvalue weighted by molar-refractivity contribution is 5.52. The summed E-state index contributed by atoms with van der Waals surface area (Å²) in [6.07, 6.45) is 5.55. The molecule has 0 aliphatic carbocycles. The molecule has 0 spiro atoms. The standard InChI is InChI=1S/C15H20N6O2/c1-5-22-6-2-11(1)13-18-14(20-19-13)12-9-16-15(17-10-12)21-3-7-23-8-4-21/h9-11H,1-8H2,(H,18,19,20). The van der Waals surface area contributed by atoms with E-state index in [0.717, 1.165) is 69.7 Å². The first-order chi connectivity index (χ1) is 11.4. The molecule has 0 saturated carbocycles. The Bertz CT molecular complexity index is 632. The summed E-state index contributed by atoms with van der Waals surface area (Å²) < 4.78 is 10.7. The topological polar surface area (TPSA) is 89.1 Å². The fourth-order valence-corrected chi connectivity index (χ4v) is 2.92. The van der Waals surface area contributed by atoms with E-state index in [1.165, 1.54) is 0 Å². The average Bonchev–Trinajstić information content (AvgIpc) is 3.14. The van der Waals surface area contributed by atoms with Gasteiger partial charge in [0.25, 0.3) is 0 Å². The van der Waals surface area contributed by atoms with E-state index < -0.39 is 0 Å². The van der Waals surface area contributed by atoms with Crippen molar-refractivity contribution in [2.75, 3.05) is 44.4 Å². The second-order valence-electron chi connectivity index (χ2n) is 5.80. The number of morpholine rings is 1. The zero-order valence-electron chi connectivity index (χ0n) is 12.9. The number of rotatable bonds is 3. The number of hydrogen-bond acceptors (Lipinski definition) is 7. The Morgan fingerprint density at radius 3 is 2.43 bits per heavy atom. The fraction of sp³-hybridized carbons (Fsp3) is 0.600. The van der Waals surface area contributed by atoms with Crippen LogP contribution in [-0.4, -0.2) is 64.7 Å². The number of H-pyrrole nitrogens is 1. The van der Waals surface area contributed by atoms with Crippen LogP contribution in [0.1, 0.15) is 24.6 Å². The maximum atomic E-state index is 5.39. The largest absolute Gasteiger partial charge is 0.381 e. The van der Waals surface area contributed by atoms with Crippen LogP contribution in [0.5, 0.6) is 0 Å². The Kier molecular flexibility index (Phi) is 4.16. The quantitative estimate of drug-likeness (QED) is 0.903. The number of nitrogens with zero attached hydrogens (tertiary/aromatic N) is 5. The highest BCUT2D eigenvalue weighted by Crippen LogP contribution is 2.25. The Hall–Kier alpha value is -2.06. The van der Waals surface area contributed by atoms with E-state index >= 15 is 0 Å². The smallest absolute Gasteiger partial charge is 0.225 e. The molecule has 23 heavy (non-hydrogen) atoms. The van der Waals surface area contributed by atoms with Crippen molar-refractivity contribution < 1.29 is 9.47 Å². The predicted molar refractivity (Wildman–Crippen MR) is 83.2 cm³/mol. The van der Waals surface area contributed by atoms with Crippen LogP contribution in [0.3, 0.4) is 0 Å². The number of aromatic amines is 1. The number of hydrogen-bond donors (Lipinski definition) is 1. The van der Waals surface area contributed by atoms with Crippen LogP contribution in [0.15, 0.2) is 12.4 Å². The molecule has 2 saturated heterocycles. The van der Waals surface area contributed by atoms with Gasteiger partial charge in [0.05, 0.1) is 18.8 Å². The molecule has 2 aromatic heterocycles. The summed E-state index contributed by atoms with van der Waals surface area (Å²) in [6, 6.07) is 0. The van der Waals surface area contributed by atoms with Crippen molar-refractivity contribution >= 4 is 5.95 Å². The van der Waals surface area contributed by atoms with E-state index in [-0.39, 0.29) is 0 Å². The van der Waals surface area contributed by atoms with Crippen LogP contribution >= 0.6 is 0 Å². The minimum atomic E-state index is 0.401. The summed E-state index contributed by atoms with van der Waals surface area (Å²) in [7, 11) is 0. The maximum absolute atomic E-state index is 5.39. The number of ether oxygens (including phenoxy) is 2.